The second kappa shape index (κ2) is 4.01. The van der Waals surface area contributed by atoms with Crippen LogP contribution in [0.1, 0.15) is 17.8 Å². The Morgan fingerprint density at radius 1 is 1.26 bits per heavy atom. The number of carbonyl (C=O) groups excluding carboxylic acids is 1. The summed E-state index contributed by atoms with van der Waals surface area (Å²) in [6, 6.07) is 3.69. The molecule has 2 aromatic heterocycles. The van der Waals surface area contributed by atoms with Gasteiger partial charge in [0.05, 0.1) is 5.71 Å². The van der Waals surface area contributed by atoms with E-state index in [1.165, 1.54) is 11.1 Å². The molecule has 0 aromatic carbocycles. The monoisotopic (exact) mass is 304 g/mol. The van der Waals surface area contributed by atoms with Crippen molar-refractivity contribution in [3.8, 4) is 0 Å². The highest BCUT2D eigenvalue weighted by molar-refractivity contribution is 6.58. The normalized spacial score (nSPS) is 17.7. The highest BCUT2D eigenvalue weighted by atomic mass is 16.2. The predicted molar refractivity (Wildman–Crippen MR) is 85.7 cm³/mol. The van der Waals surface area contributed by atoms with Crippen LogP contribution in [0, 0.1) is 13.8 Å². The first-order chi connectivity index (χ1) is 11.1. The molecule has 0 saturated heterocycles. The lowest BCUT2D eigenvalue weighted by Gasteiger charge is -2.03. The van der Waals surface area contributed by atoms with Gasteiger partial charge in [-0.1, -0.05) is 0 Å². The number of amides is 1. The Bertz CT molecular complexity index is 1050. The Labute approximate surface area is 131 Å². The maximum absolute atomic E-state index is 12.5. The lowest BCUT2D eigenvalue weighted by Crippen LogP contribution is -2.25. The largest absolute Gasteiger partial charge is 0.304 e. The lowest BCUT2D eigenvalue weighted by molar-refractivity contribution is -0.110. The first kappa shape index (κ1) is 12.5. The van der Waals surface area contributed by atoms with Crippen LogP contribution in [0.3, 0.4) is 0 Å². The molecule has 0 unspecified atom stereocenters. The van der Waals surface area contributed by atoms with Crippen molar-refractivity contribution in [2.45, 2.75) is 20.3 Å². The van der Waals surface area contributed by atoms with Crippen LogP contribution in [-0.2, 0) is 4.79 Å². The van der Waals surface area contributed by atoms with Crippen LogP contribution < -0.4 is 5.32 Å². The van der Waals surface area contributed by atoms with Crippen molar-refractivity contribution in [2.75, 3.05) is 5.32 Å². The minimum Gasteiger partial charge on any atom is -0.304 e. The van der Waals surface area contributed by atoms with Crippen LogP contribution in [0.15, 0.2) is 45.1 Å². The van der Waals surface area contributed by atoms with E-state index in [0.717, 1.165) is 29.1 Å². The van der Waals surface area contributed by atoms with Crippen molar-refractivity contribution in [2.24, 2.45) is 10.2 Å². The van der Waals surface area contributed by atoms with Gasteiger partial charge in [-0.05, 0) is 37.1 Å². The van der Waals surface area contributed by atoms with Crippen molar-refractivity contribution in [1.82, 2.24) is 14.6 Å². The average Bonchev–Trinajstić information content (AvgIpc) is 2.85. The number of rotatable bonds is 2. The number of aryl methyl sites for hydroxylation is 2. The molecule has 2 aromatic rings. The van der Waals surface area contributed by atoms with Crippen LogP contribution in [0.4, 0.5) is 5.82 Å². The number of carbonyl (C=O) groups is 1. The van der Waals surface area contributed by atoms with E-state index in [2.05, 4.69) is 25.6 Å². The zero-order valence-corrected chi connectivity index (χ0v) is 12.6. The molecule has 0 atom stereocenters. The van der Waals surface area contributed by atoms with Gasteiger partial charge in [0.1, 0.15) is 0 Å². The second-order valence-electron chi connectivity index (χ2n) is 5.93. The number of fused-ring (bicyclic) bond motifs is 3. The van der Waals surface area contributed by atoms with Crippen LogP contribution in [0.5, 0.6) is 0 Å². The fourth-order valence-electron chi connectivity index (χ4n) is 3.07. The Morgan fingerprint density at radius 3 is 3.00 bits per heavy atom. The van der Waals surface area contributed by atoms with Crippen molar-refractivity contribution in [3.05, 3.63) is 46.3 Å². The van der Waals surface area contributed by atoms with E-state index in [1.54, 1.807) is 10.6 Å². The number of hydrogen-bond acceptors (Lipinski definition) is 5. The molecule has 0 fully saturated rings. The van der Waals surface area contributed by atoms with Crippen LogP contribution in [-0.4, -0.2) is 31.9 Å². The Kier molecular flexibility index (Phi) is 2.17. The van der Waals surface area contributed by atoms with Gasteiger partial charge in [0.2, 0.25) is 0 Å². The van der Waals surface area contributed by atoms with E-state index in [4.69, 9.17) is 0 Å². The third kappa shape index (κ3) is 1.73. The van der Waals surface area contributed by atoms with Gasteiger partial charge in [-0.3, -0.25) is 4.79 Å². The summed E-state index contributed by atoms with van der Waals surface area (Å²) in [4.78, 5) is 16.9. The van der Waals surface area contributed by atoms with E-state index in [1.807, 2.05) is 26.0 Å². The highest BCUT2D eigenvalue weighted by Gasteiger charge is 2.40. The topological polar surface area (TPSA) is 84.0 Å². The van der Waals surface area contributed by atoms with Gasteiger partial charge in [-0.15, -0.1) is 15.3 Å². The number of hydrogen-bond donors (Lipinski definition) is 1. The highest BCUT2D eigenvalue weighted by Crippen LogP contribution is 2.43. The Morgan fingerprint density at radius 2 is 2.13 bits per heavy atom. The van der Waals surface area contributed by atoms with E-state index in [-0.39, 0.29) is 5.91 Å². The molecule has 1 N–H and O–H groups in total. The minimum absolute atomic E-state index is 0.296. The molecule has 7 nitrogen and oxygen atoms in total. The summed E-state index contributed by atoms with van der Waals surface area (Å²) in [5.41, 5.74) is 7.09. The van der Waals surface area contributed by atoms with Gasteiger partial charge in [-0.2, -0.15) is 0 Å². The molecule has 1 amide bonds. The summed E-state index contributed by atoms with van der Waals surface area (Å²) in [6.07, 6.45) is 2.97. The summed E-state index contributed by atoms with van der Waals surface area (Å²) < 4.78 is 1.71. The molecule has 0 spiro atoms. The molecule has 2 aliphatic carbocycles. The van der Waals surface area contributed by atoms with Crippen LogP contribution in [0.25, 0.3) is 5.65 Å². The first-order valence-electron chi connectivity index (χ1n) is 7.36. The fraction of sp³-hybridized carbons (Fsp3) is 0.188. The molecule has 1 aliphatic heterocycles. The number of nitrogens with zero attached hydrogens (tertiary/aromatic N) is 5. The third-order valence-corrected chi connectivity index (χ3v) is 4.18. The van der Waals surface area contributed by atoms with Crippen molar-refractivity contribution >= 4 is 28.8 Å². The maximum Gasteiger partial charge on any atom is 0.278 e. The minimum atomic E-state index is -0.296. The summed E-state index contributed by atoms with van der Waals surface area (Å²) in [5.74, 6) is 0.159. The predicted octanol–water partition coefficient (Wildman–Crippen LogP) is 1.74. The van der Waals surface area contributed by atoms with Gasteiger partial charge in [0, 0.05) is 29.4 Å². The molecule has 23 heavy (non-hydrogen) atoms. The Balaban J connectivity index is 1.43. The molecule has 7 heteroatoms. The number of nitrogens with one attached hydrogen (secondary N) is 1. The van der Waals surface area contributed by atoms with Crippen LogP contribution in [0.2, 0.25) is 0 Å². The molecule has 5 rings (SSSR count). The Hall–Kier alpha value is -3.09. The van der Waals surface area contributed by atoms with Gasteiger partial charge >= 0.3 is 0 Å². The fourth-order valence-corrected chi connectivity index (χ4v) is 3.07. The molecular weight excluding hydrogens is 292 g/mol. The van der Waals surface area contributed by atoms with Gasteiger partial charge < -0.3 is 5.32 Å². The van der Waals surface area contributed by atoms with Gasteiger partial charge in [-0.25, -0.2) is 9.50 Å². The van der Waals surface area contributed by atoms with E-state index < -0.39 is 0 Å². The van der Waals surface area contributed by atoms with E-state index >= 15 is 0 Å². The first-order valence-corrected chi connectivity index (χ1v) is 7.36. The maximum atomic E-state index is 12.5. The van der Waals surface area contributed by atoms with Crippen molar-refractivity contribution in [3.63, 3.8) is 0 Å². The average molecular weight is 304 g/mol. The number of anilines is 1. The van der Waals surface area contributed by atoms with Gasteiger partial charge in [0.15, 0.2) is 17.2 Å². The van der Waals surface area contributed by atoms with Gasteiger partial charge in [0.25, 0.3) is 5.91 Å². The quantitative estimate of drug-likeness (QED) is 0.917. The summed E-state index contributed by atoms with van der Waals surface area (Å²) in [7, 11) is 0. The smallest absolute Gasteiger partial charge is 0.278 e. The zero-order valence-electron chi connectivity index (χ0n) is 12.6. The molecular formula is C16H12N6O. The molecule has 3 heterocycles. The third-order valence-electron chi connectivity index (χ3n) is 4.18. The van der Waals surface area contributed by atoms with Crippen molar-refractivity contribution in [1.29, 1.82) is 0 Å². The standard InChI is InChI=1S/C16H12N6O/c1-7-3-8(2)22-13(17-7)6-12(21-22)18-16(23)15-11-5-9-4-10(9)14(11)19-20-15/h3,5-6H,4H2,1-2H3,(H,18,21,23). The van der Waals surface area contributed by atoms with Crippen LogP contribution >= 0.6 is 0 Å². The number of allylic oxidation sites excluding steroid dienone is 3. The molecule has 3 aliphatic rings. The molecule has 0 bridgehead atoms. The van der Waals surface area contributed by atoms with Crippen molar-refractivity contribution < 1.29 is 4.79 Å². The molecule has 0 saturated carbocycles. The number of aromatic nitrogens is 3. The zero-order chi connectivity index (χ0) is 15.7. The summed E-state index contributed by atoms with van der Waals surface area (Å²) in [6.45, 7) is 3.88. The van der Waals surface area contributed by atoms with E-state index in [0.29, 0.717) is 17.2 Å². The SMILES string of the molecule is Cc1cc(C)n2nc(NC(=O)C3=NN=C4C3=CC3=C4C3)cc2n1. The summed E-state index contributed by atoms with van der Waals surface area (Å²) in [5, 5.41) is 15.3. The lowest BCUT2D eigenvalue weighted by atomic mass is 10.0. The second-order valence-corrected chi connectivity index (χ2v) is 5.93. The van der Waals surface area contributed by atoms with E-state index in [9.17, 15) is 4.79 Å². The molecule has 0 radical (unpaired) electrons. The molecule has 112 valence electrons. The summed E-state index contributed by atoms with van der Waals surface area (Å²) >= 11 is 0.